The summed E-state index contributed by atoms with van der Waals surface area (Å²) < 4.78 is 1.66. The highest BCUT2D eigenvalue weighted by atomic mass is 32.2. The quantitative estimate of drug-likeness (QED) is 0.271. The van der Waals surface area contributed by atoms with Crippen LogP contribution in [0.2, 0.25) is 0 Å². The molecule has 5 nitrogen and oxygen atoms in total. The van der Waals surface area contributed by atoms with Gasteiger partial charge in [0, 0.05) is 5.69 Å². The molecule has 1 heterocycles. The highest BCUT2D eigenvalue weighted by Gasteiger charge is 2.18. The third-order valence-corrected chi connectivity index (χ3v) is 6.94. The number of fused-ring (bicyclic) bond motifs is 1. The van der Waals surface area contributed by atoms with E-state index in [0.717, 1.165) is 46.5 Å². The van der Waals surface area contributed by atoms with Crippen molar-refractivity contribution in [2.24, 2.45) is 0 Å². The smallest absolute Gasteiger partial charge is 0.266 e. The van der Waals surface area contributed by atoms with E-state index in [1.165, 1.54) is 11.8 Å². The highest BCUT2D eigenvalue weighted by Crippen LogP contribution is 2.27. The lowest BCUT2D eigenvalue weighted by Gasteiger charge is -2.18. The summed E-state index contributed by atoms with van der Waals surface area (Å²) in [4.78, 5) is 31.4. The van der Waals surface area contributed by atoms with Gasteiger partial charge in [-0.1, -0.05) is 74.1 Å². The SMILES string of the molecule is CCc1cccc(CC)c1NC(=O)CSc1nc2ccccc2c(=O)n1-c1c(C)cccc1C. The Morgan fingerprint density at radius 2 is 1.53 bits per heavy atom. The van der Waals surface area contributed by atoms with E-state index in [1.54, 1.807) is 10.6 Å². The third-order valence-electron chi connectivity index (χ3n) is 6.00. The van der Waals surface area contributed by atoms with E-state index in [-0.39, 0.29) is 17.2 Å². The number of para-hydroxylation sites is 3. The molecule has 1 aromatic heterocycles. The first-order valence-corrected chi connectivity index (χ1v) is 12.5. The second-order valence-corrected chi connectivity index (χ2v) is 9.23. The van der Waals surface area contributed by atoms with E-state index in [2.05, 4.69) is 19.2 Å². The lowest BCUT2D eigenvalue weighted by atomic mass is 10.0. The molecular formula is C28H29N3O2S. The number of aryl methyl sites for hydroxylation is 4. The predicted molar refractivity (Wildman–Crippen MR) is 141 cm³/mol. The number of nitrogens with zero attached hydrogens (tertiary/aromatic N) is 2. The lowest BCUT2D eigenvalue weighted by molar-refractivity contribution is -0.113. The number of nitrogens with one attached hydrogen (secondary N) is 1. The highest BCUT2D eigenvalue weighted by molar-refractivity contribution is 7.99. The Kier molecular flexibility index (Phi) is 7.17. The minimum Gasteiger partial charge on any atom is -0.325 e. The van der Waals surface area contributed by atoms with Crippen LogP contribution in [0.4, 0.5) is 5.69 Å². The van der Waals surface area contributed by atoms with Gasteiger partial charge in [-0.05, 0) is 61.1 Å². The van der Waals surface area contributed by atoms with E-state index in [1.807, 2.05) is 68.4 Å². The Labute approximate surface area is 204 Å². The average Bonchev–Trinajstić information content (AvgIpc) is 2.84. The summed E-state index contributed by atoms with van der Waals surface area (Å²) >= 11 is 1.28. The number of anilines is 1. The Morgan fingerprint density at radius 3 is 2.18 bits per heavy atom. The zero-order valence-electron chi connectivity index (χ0n) is 20.0. The van der Waals surface area contributed by atoms with E-state index in [9.17, 15) is 9.59 Å². The second-order valence-electron chi connectivity index (χ2n) is 8.29. The molecular weight excluding hydrogens is 442 g/mol. The van der Waals surface area contributed by atoms with Crippen molar-refractivity contribution in [1.82, 2.24) is 9.55 Å². The molecule has 4 rings (SSSR count). The van der Waals surface area contributed by atoms with Crippen LogP contribution in [0.1, 0.15) is 36.1 Å². The normalized spacial score (nSPS) is 11.1. The van der Waals surface area contributed by atoms with Crippen molar-refractivity contribution in [3.05, 3.63) is 93.3 Å². The molecule has 0 saturated heterocycles. The molecule has 0 radical (unpaired) electrons. The summed E-state index contributed by atoms with van der Waals surface area (Å²) in [5.41, 5.74) is 6.42. The first kappa shape index (κ1) is 23.8. The van der Waals surface area contributed by atoms with Gasteiger partial charge in [0.15, 0.2) is 5.16 Å². The molecule has 0 aliphatic heterocycles. The van der Waals surface area contributed by atoms with Crippen molar-refractivity contribution in [2.75, 3.05) is 11.1 Å². The largest absolute Gasteiger partial charge is 0.325 e. The molecule has 0 fully saturated rings. The van der Waals surface area contributed by atoms with Crippen LogP contribution < -0.4 is 10.9 Å². The fraction of sp³-hybridized carbons (Fsp3) is 0.250. The monoisotopic (exact) mass is 471 g/mol. The maximum absolute atomic E-state index is 13.6. The molecule has 1 amide bonds. The van der Waals surface area contributed by atoms with Gasteiger partial charge in [0.05, 0.1) is 22.3 Å². The summed E-state index contributed by atoms with van der Waals surface area (Å²) in [7, 11) is 0. The Balaban J connectivity index is 1.72. The van der Waals surface area contributed by atoms with Crippen LogP contribution in [0.15, 0.2) is 70.6 Å². The molecule has 4 aromatic rings. The van der Waals surface area contributed by atoms with Crippen molar-refractivity contribution in [2.45, 2.75) is 45.7 Å². The summed E-state index contributed by atoms with van der Waals surface area (Å²) in [5.74, 6) is 0.0350. The van der Waals surface area contributed by atoms with Crippen molar-refractivity contribution >= 4 is 34.3 Å². The van der Waals surface area contributed by atoms with Crippen LogP contribution >= 0.6 is 11.8 Å². The molecule has 0 spiro atoms. The number of amides is 1. The average molecular weight is 472 g/mol. The number of rotatable bonds is 7. The van der Waals surface area contributed by atoms with Gasteiger partial charge in [-0.15, -0.1) is 0 Å². The van der Waals surface area contributed by atoms with Crippen molar-refractivity contribution in [1.29, 1.82) is 0 Å². The standard InChI is InChI=1S/C28H29N3O2S/c1-5-20-13-10-14-21(6-2)25(20)30-24(32)17-34-28-29-23-16-8-7-15-22(23)27(33)31(28)26-18(3)11-9-12-19(26)4/h7-16H,5-6,17H2,1-4H3,(H,30,32). The van der Waals surface area contributed by atoms with Crippen LogP contribution in [0.25, 0.3) is 16.6 Å². The van der Waals surface area contributed by atoms with Crippen molar-refractivity contribution < 1.29 is 4.79 Å². The number of carbonyl (C=O) groups is 1. The van der Waals surface area contributed by atoms with Gasteiger partial charge < -0.3 is 5.32 Å². The topological polar surface area (TPSA) is 64.0 Å². The minimum atomic E-state index is -0.129. The van der Waals surface area contributed by atoms with E-state index < -0.39 is 0 Å². The molecule has 1 N–H and O–H groups in total. The van der Waals surface area contributed by atoms with Crippen LogP contribution in [0, 0.1) is 13.8 Å². The van der Waals surface area contributed by atoms with Gasteiger partial charge >= 0.3 is 0 Å². The fourth-order valence-corrected chi connectivity index (χ4v) is 5.07. The number of hydrogen-bond donors (Lipinski definition) is 1. The molecule has 174 valence electrons. The van der Waals surface area contributed by atoms with Crippen molar-refractivity contribution in [3.63, 3.8) is 0 Å². The van der Waals surface area contributed by atoms with Gasteiger partial charge in [-0.25, -0.2) is 4.98 Å². The van der Waals surface area contributed by atoms with Crippen LogP contribution in [-0.2, 0) is 17.6 Å². The third kappa shape index (κ3) is 4.64. The fourth-order valence-electron chi connectivity index (χ4n) is 4.27. The molecule has 6 heteroatoms. The molecule has 0 bridgehead atoms. The summed E-state index contributed by atoms with van der Waals surface area (Å²) in [5, 5.41) is 4.18. The lowest BCUT2D eigenvalue weighted by Crippen LogP contribution is -2.24. The van der Waals surface area contributed by atoms with Crippen LogP contribution in [-0.4, -0.2) is 21.2 Å². The van der Waals surface area contributed by atoms with Gasteiger partial charge in [0.25, 0.3) is 5.56 Å². The number of thioether (sulfide) groups is 1. The molecule has 0 atom stereocenters. The van der Waals surface area contributed by atoms with Gasteiger partial charge in [0.1, 0.15) is 0 Å². The van der Waals surface area contributed by atoms with E-state index >= 15 is 0 Å². The zero-order valence-corrected chi connectivity index (χ0v) is 20.8. The van der Waals surface area contributed by atoms with Crippen LogP contribution in [0.3, 0.4) is 0 Å². The van der Waals surface area contributed by atoms with E-state index in [0.29, 0.717) is 16.1 Å². The maximum Gasteiger partial charge on any atom is 0.266 e. The Morgan fingerprint density at radius 1 is 0.912 bits per heavy atom. The molecule has 0 aliphatic rings. The molecule has 0 aliphatic carbocycles. The van der Waals surface area contributed by atoms with Gasteiger partial charge in [0.2, 0.25) is 5.91 Å². The van der Waals surface area contributed by atoms with Crippen LogP contribution in [0.5, 0.6) is 0 Å². The minimum absolute atomic E-state index is 0.115. The zero-order chi connectivity index (χ0) is 24.2. The summed E-state index contributed by atoms with van der Waals surface area (Å²) in [6.07, 6.45) is 1.68. The molecule has 34 heavy (non-hydrogen) atoms. The molecule has 0 saturated carbocycles. The molecule has 3 aromatic carbocycles. The number of aromatic nitrogens is 2. The maximum atomic E-state index is 13.6. The van der Waals surface area contributed by atoms with Crippen molar-refractivity contribution in [3.8, 4) is 5.69 Å². The number of hydrogen-bond acceptors (Lipinski definition) is 4. The second kappa shape index (κ2) is 10.3. The Bertz CT molecular complexity index is 1380. The van der Waals surface area contributed by atoms with Gasteiger partial charge in [-0.2, -0.15) is 0 Å². The molecule has 0 unspecified atom stereocenters. The summed E-state index contributed by atoms with van der Waals surface area (Å²) in [6.45, 7) is 8.14. The number of benzene rings is 3. The number of carbonyl (C=O) groups excluding carboxylic acids is 1. The first-order chi connectivity index (χ1) is 16.4. The first-order valence-electron chi connectivity index (χ1n) is 11.6. The van der Waals surface area contributed by atoms with Gasteiger partial charge in [-0.3, -0.25) is 14.2 Å². The van der Waals surface area contributed by atoms with E-state index in [4.69, 9.17) is 4.98 Å². The predicted octanol–water partition coefficient (Wildman–Crippen LogP) is 5.86. The summed E-state index contributed by atoms with van der Waals surface area (Å²) in [6, 6.07) is 19.4. The Hall–Kier alpha value is -3.38.